The van der Waals surface area contributed by atoms with Crippen LogP contribution in [-0.2, 0) is 6.42 Å². The summed E-state index contributed by atoms with van der Waals surface area (Å²) in [6.45, 7) is 4.70. The van der Waals surface area contributed by atoms with E-state index in [-0.39, 0.29) is 0 Å². The van der Waals surface area contributed by atoms with Crippen molar-refractivity contribution < 1.29 is 0 Å². The number of rotatable bonds is 5. The molecule has 0 spiro atoms. The number of pyridine rings is 1. The van der Waals surface area contributed by atoms with Gasteiger partial charge in [-0.2, -0.15) is 0 Å². The Morgan fingerprint density at radius 2 is 1.89 bits per heavy atom. The summed E-state index contributed by atoms with van der Waals surface area (Å²) >= 11 is 0. The molecule has 0 bridgehead atoms. The van der Waals surface area contributed by atoms with Crippen molar-refractivity contribution in [1.82, 2.24) is 15.0 Å². The number of anilines is 2. The first-order valence-corrected chi connectivity index (χ1v) is 6.37. The Kier molecular flexibility index (Phi) is 4.28. The second-order valence-electron chi connectivity index (χ2n) is 4.34. The summed E-state index contributed by atoms with van der Waals surface area (Å²) in [6, 6.07) is 5.95. The zero-order chi connectivity index (χ0) is 13.7. The van der Waals surface area contributed by atoms with Crippen molar-refractivity contribution >= 4 is 11.6 Å². The summed E-state index contributed by atoms with van der Waals surface area (Å²) in [4.78, 5) is 13.1. The number of hydrogen-bond acceptors (Lipinski definition) is 5. The van der Waals surface area contributed by atoms with Crippen molar-refractivity contribution in [3.63, 3.8) is 0 Å². The van der Waals surface area contributed by atoms with Crippen LogP contribution in [0.4, 0.5) is 11.6 Å². The smallest absolute Gasteiger partial charge is 0.134 e. The summed E-state index contributed by atoms with van der Waals surface area (Å²) in [5, 5.41) is 6.43. The van der Waals surface area contributed by atoms with Crippen LogP contribution in [0.2, 0.25) is 0 Å². The maximum atomic E-state index is 4.43. The Balaban J connectivity index is 2.02. The number of aryl methyl sites for hydroxylation is 1. The first kappa shape index (κ1) is 13.3. The molecule has 0 aliphatic rings. The largest absolute Gasteiger partial charge is 0.373 e. The van der Waals surface area contributed by atoms with Crippen LogP contribution >= 0.6 is 0 Å². The first-order valence-electron chi connectivity index (χ1n) is 6.37. The van der Waals surface area contributed by atoms with Gasteiger partial charge in [0.2, 0.25) is 0 Å². The molecule has 2 rings (SSSR count). The van der Waals surface area contributed by atoms with Gasteiger partial charge in [-0.25, -0.2) is 9.97 Å². The molecule has 0 aromatic carbocycles. The minimum absolute atomic E-state index is 0.760. The van der Waals surface area contributed by atoms with E-state index in [0.29, 0.717) is 0 Å². The molecule has 0 radical (unpaired) electrons. The third-order valence-corrected chi connectivity index (χ3v) is 2.89. The molecule has 0 atom stereocenters. The highest BCUT2D eigenvalue weighted by atomic mass is 15.1. The van der Waals surface area contributed by atoms with Crippen LogP contribution < -0.4 is 10.6 Å². The van der Waals surface area contributed by atoms with Crippen LogP contribution in [0.15, 0.2) is 24.4 Å². The number of nitrogens with one attached hydrogen (secondary N) is 2. The van der Waals surface area contributed by atoms with E-state index in [2.05, 4.69) is 25.6 Å². The van der Waals surface area contributed by atoms with Crippen LogP contribution in [0.5, 0.6) is 0 Å². The topological polar surface area (TPSA) is 62.7 Å². The molecular formula is C14H19N5. The molecule has 0 aliphatic carbocycles. The molecule has 5 nitrogen and oxygen atoms in total. The lowest BCUT2D eigenvalue weighted by Crippen LogP contribution is -2.11. The minimum atomic E-state index is 0.760. The van der Waals surface area contributed by atoms with Gasteiger partial charge in [-0.15, -0.1) is 0 Å². The molecule has 2 aromatic heterocycles. The quantitative estimate of drug-likeness (QED) is 0.859. The van der Waals surface area contributed by atoms with E-state index in [1.165, 1.54) is 0 Å². The van der Waals surface area contributed by atoms with Gasteiger partial charge in [0, 0.05) is 37.5 Å². The van der Waals surface area contributed by atoms with Crippen LogP contribution in [0, 0.1) is 13.8 Å². The summed E-state index contributed by atoms with van der Waals surface area (Å²) < 4.78 is 0. The Hall–Kier alpha value is -2.17. The van der Waals surface area contributed by atoms with Crippen molar-refractivity contribution in [2.45, 2.75) is 20.3 Å². The third kappa shape index (κ3) is 3.40. The Bertz CT molecular complexity index is 539. The van der Waals surface area contributed by atoms with Gasteiger partial charge >= 0.3 is 0 Å². The van der Waals surface area contributed by atoms with Crippen LogP contribution in [0.1, 0.15) is 17.1 Å². The highest BCUT2D eigenvalue weighted by Crippen LogP contribution is 2.19. The maximum absolute atomic E-state index is 4.43. The van der Waals surface area contributed by atoms with Gasteiger partial charge in [-0.05, 0) is 26.0 Å². The van der Waals surface area contributed by atoms with E-state index in [0.717, 1.165) is 41.7 Å². The predicted octanol–water partition coefficient (Wildman–Crippen LogP) is 2.18. The van der Waals surface area contributed by atoms with Crippen molar-refractivity contribution in [2.75, 3.05) is 24.2 Å². The minimum Gasteiger partial charge on any atom is -0.373 e. The van der Waals surface area contributed by atoms with Crippen molar-refractivity contribution in [1.29, 1.82) is 0 Å². The highest BCUT2D eigenvalue weighted by molar-refractivity contribution is 5.56. The van der Waals surface area contributed by atoms with E-state index in [1.807, 2.05) is 45.3 Å². The van der Waals surface area contributed by atoms with E-state index in [4.69, 9.17) is 0 Å². The van der Waals surface area contributed by atoms with Gasteiger partial charge in [-0.1, -0.05) is 6.07 Å². The zero-order valence-electron chi connectivity index (χ0n) is 11.6. The summed E-state index contributed by atoms with van der Waals surface area (Å²) in [7, 11) is 1.87. The van der Waals surface area contributed by atoms with E-state index in [9.17, 15) is 0 Å². The number of hydrogen-bond donors (Lipinski definition) is 2. The molecule has 0 unspecified atom stereocenters. The molecule has 2 aromatic rings. The van der Waals surface area contributed by atoms with Crippen LogP contribution in [0.25, 0.3) is 0 Å². The van der Waals surface area contributed by atoms with Crippen molar-refractivity contribution in [3.05, 3.63) is 41.5 Å². The average molecular weight is 257 g/mol. The van der Waals surface area contributed by atoms with Gasteiger partial charge in [-0.3, -0.25) is 4.98 Å². The fourth-order valence-electron chi connectivity index (χ4n) is 1.90. The van der Waals surface area contributed by atoms with Gasteiger partial charge in [0.05, 0.1) is 0 Å². The Morgan fingerprint density at radius 1 is 1.11 bits per heavy atom. The van der Waals surface area contributed by atoms with E-state index >= 15 is 0 Å². The van der Waals surface area contributed by atoms with Crippen LogP contribution in [-0.4, -0.2) is 28.5 Å². The lowest BCUT2D eigenvalue weighted by Gasteiger charge is -2.12. The Morgan fingerprint density at radius 3 is 2.58 bits per heavy atom. The molecule has 0 saturated heterocycles. The standard InChI is InChI=1S/C14H19N5/c1-10-13(15-3)18-11(2)19-14(10)17-9-7-12-6-4-5-8-16-12/h4-6,8H,7,9H2,1-3H3,(H2,15,17,18,19). The van der Waals surface area contributed by atoms with Gasteiger partial charge in [0.15, 0.2) is 0 Å². The van der Waals surface area contributed by atoms with Gasteiger partial charge in [0.25, 0.3) is 0 Å². The van der Waals surface area contributed by atoms with Gasteiger partial charge < -0.3 is 10.6 Å². The predicted molar refractivity (Wildman–Crippen MR) is 77.5 cm³/mol. The normalized spacial score (nSPS) is 10.3. The Labute approximate surface area is 113 Å². The van der Waals surface area contributed by atoms with Crippen molar-refractivity contribution in [3.8, 4) is 0 Å². The number of aromatic nitrogens is 3. The molecule has 0 saturated carbocycles. The van der Waals surface area contributed by atoms with E-state index < -0.39 is 0 Å². The average Bonchev–Trinajstić information content (AvgIpc) is 2.43. The summed E-state index contributed by atoms with van der Waals surface area (Å²) in [5.74, 6) is 2.51. The molecular weight excluding hydrogens is 238 g/mol. The summed E-state index contributed by atoms with van der Waals surface area (Å²) in [5.41, 5.74) is 2.11. The highest BCUT2D eigenvalue weighted by Gasteiger charge is 2.07. The monoisotopic (exact) mass is 257 g/mol. The maximum Gasteiger partial charge on any atom is 0.134 e. The molecule has 0 aliphatic heterocycles. The first-order chi connectivity index (χ1) is 9.20. The third-order valence-electron chi connectivity index (χ3n) is 2.89. The molecule has 0 fully saturated rings. The number of nitrogens with zero attached hydrogens (tertiary/aromatic N) is 3. The molecule has 19 heavy (non-hydrogen) atoms. The lowest BCUT2D eigenvalue weighted by atomic mass is 10.2. The molecule has 2 heterocycles. The second kappa shape index (κ2) is 6.13. The van der Waals surface area contributed by atoms with E-state index in [1.54, 1.807) is 0 Å². The fraction of sp³-hybridized carbons (Fsp3) is 0.357. The van der Waals surface area contributed by atoms with Gasteiger partial charge in [0.1, 0.15) is 17.5 Å². The van der Waals surface area contributed by atoms with Crippen molar-refractivity contribution in [2.24, 2.45) is 0 Å². The zero-order valence-corrected chi connectivity index (χ0v) is 11.6. The SMILES string of the molecule is CNc1nc(C)nc(NCCc2ccccn2)c1C. The second-order valence-corrected chi connectivity index (χ2v) is 4.34. The lowest BCUT2D eigenvalue weighted by molar-refractivity contribution is 0.938. The molecule has 0 amide bonds. The fourth-order valence-corrected chi connectivity index (χ4v) is 1.90. The van der Waals surface area contributed by atoms with Crippen LogP contribution in [0.3, 0.4) is 0 Å². The molecule has 5 heteroatoms. The molecule has 100 valence electrons. The molecule has 2 N–H and O–H groups in total. The summed E-state index contributed by atoms with van der Waals surface area (Å²) in [6.07, 6.45) is 2.69.